The molecule has 16 heavy (non-hydrogen) atoms. The first kappa shape index (κ1) is 14.3. The SMILES string of the molecule is CCC(C)(C)CNCCSC1CCNCC1. The van der Waals surface area contributed by atoms with E-state index in [0.717, 1.165) is 18.3 Å². The van der Waals surface area contributed by atoms with E-state index in [2.05, 4.69) is 43.2 Å². The number of hydrogen-bond acceptors (Lipinski definition) is 3. The van der Waals surface area contributed by atoms with E-state index in [1.54, 1.807) is 0 Å². The van der Waals surface area contributed by atoms with Gasteiger partial charge >= 0.3 is 0 Å². The molecular weight excluding hydrogens is 216 g/mol. The fourth-order valence-electron chi connectivity index (χ4n) is 1.81. The van der Waals surface area contributed by atoms with Crippen LogP contribution in [0.3, 0.4) is 0 Å². The van der Waals surface area contributed by atoms with Crippen molar-refractivity contribution in [2.75, 3.05) is 31.9 Å². The van der Waals surface area contributed by atoms with Crippen molar-refractivity contribution in [1.82, 2.24) is 10.6 Å². The second kappa shape index (κ2) is 7.57. The standard InChI is InChI=1S/C13H28N2S/c1-4-13(2,3)11-15-9-10-16-12-5-7-14-8-6-12/h12,14-15H,4-11H2,1-3H3. The summed E-state index contributed by atoms with van der Waals surface area (Å²) in [5.74, 6) is 1.27. The van der Waals surface area contributed by atoms with Crippen molar-refractivity contribution in [2.24, 2.45) is 5.41 Å². The lowest BCUT2D eigenvalue weighted by molar-refractivity contribution is 0.332. The predicted molar refractivity (Wildman–Crippen MR) is 75.3 cm³/mol. The molecule has 0 amide bonds. The van der Waals surface area contributed by atoms with Crippen molar-refractivity contribution in [1.29, 1.82) is 0 Å². The number of thioether (sulfide) groups is 1. The molecule has 0 atom stereocenters. The third-order valence-electron chi connectivity index (χ3n) is 3.48. The molecule has 0 saturated carbocycles. The van der Waals surface area contributed by atoms with Crippen LogP contribution >= 0.6 is 11.8 Å². The van der Waals surface area contributed by atoms with Crippen LogP contribution in [0, 0.1) is 5.41 Å². The van der Waals surface area contributed by atoms with Crippen molar-refractivity contribution >= 4 is 11.8 Å². The van der Waals surface area contributed by atoms with Gasteiger partial charge in [0.25, 0.3) is 0 Å². The first-order chi connectivity index (χ1) is 7.64. The number of piperidine rings is 1. The molecule has 1 saturated heterocycles. The highest BCUT2D eigenvalue weighted by molar-refractivity contribution is 7.99. The van der Waals surface area contributed by atoms with Crippen LogP contribution in [0.4, 0.5) is 0 Å². The van der Waals surface area contributed by atoms with Crippen molar-refractivity contribution in [3.63, 3.8) is 0 Å². The topological polar surface area (TPSA) is 24.1 Å². The molecule has 0 aromatic rings. The van der Waals surface area contributed by atoms with Gasteiger partial charge in [-0.25, -0.2) is 0 Å². The zero-order valence-corrected chi connectivity index (χ0v) is 12.0. The highest BCUT2D eigenvalue weighted by Gasteiger charge is 2.15. The molecule has 0 radical (unpaired) electrons. The van der Waals surface area contributed by atoms with Crippen molar-refractivity contribution in [3.05, 3.63) is 0 Å². The summed E-state index contributed by atoms with van der Waals surface area (Å²) in [6.45, 7) is 11.7. The molecule has 3 heteroatoms. The molecule has 2 nitrogen and oxygen atoms in total. The van der Waals surface area contributed by atoms with Gasteiger partial charge < -0.3 is 10.6 Å². The van der Waals surface area contributed by atoms with Crippen molar-refractivity contribution < 1.29 is 0 Å². The average Bonchev–Trinajstić information content (AvgIpc) is 2.30. The minimum absolute atomic E-state index is 0.458. The van der Waals surface area contributed by atoms with Crippen LogP contribution in [0.2, 0.25) is 0 Å². The van der Waals surface area contributed by atoms with Gasteiger partial charge in [-0.1, -0.05) is 20.8 Å². The first-order valence-corrected chi connectivity index (χ1v) is 7.72. The Bertz CT molecular complexity index is 177. The minimum Gasteiger partial charge on any atom is -0.317 e. The summed E-state index contributed by atoms with van der Waals surface area (Å²) in [7, 11) is 0. The van der Waals surface area contributed by atoms with Gasteiger partial charge in [0.15, 0.2) is 0 Å². The fourth-order valence-corrected chi connectivity index (χ4v) is 2.98. The second-order valence-electron chi connectivity index (χ2n) is 5.51. The molecule has 0 bridgehead atoms. The molecule has 96 valence electrons. The maximum atomic E-state index is 3.58. The Labute approximate surface area is 105 Å². The third kappa shape index (κ3) is 6.12. The summed E-state index contributed by atoms with van der Waals surface area (Å²) in [5.41, 5.74) is 0.458. The number of hydrogen-bond donors (Lipinski definition) is 2. The molecule has 1 aliphatic rings. The van der Waals surface area contributed by atoms with E-state index in [-0.39, 0.29) is 0 Å². The second-order valence-corrected chi connectivity index (χ2v) is 6.92. The molecular formula is C13H28N2S. The molecule has 0 aliphatic carbocycles. The predicted octanol–water partition coefficient (Wildman–Crippen LogP) is 2.50. The van der Waals surface area contributed by atoms with Gasteiger partial charge in [-0.15, -0.1) is 0 Å². The van der Waals surface area contributed by atoms with Crippen molar-refractivity contribution in [3.8, 4) is 0 Å². The van der Waals surface area contributed by atoms with E-state index in [1.165, 1.54) is 38.1 Å². The lowest BCUT2D eigenvalue weighted by atomic mass is 9.90. The molecule has 0 aromatic carbocycles. The van der Waals surface area contributed by atoms with E-state index in [1.807, 2.05) is 0 Å². The molecule has 0 aromatic heterocycles. The Kier molecular flexibility index (Phi) is 6.78. The van der Waals surface area contributed by atoms with Crippen LogP contribution in [0.5, 0.6) is 0 Å². The summed E-state index contributed by atoms with van der Waals surface area (Å²) in [4.78, 5) is 0. The Morgan fingerprint density at radius 3 is 2.62 bits per heavy atom. The molecule has 1 heterocycles. The van der Waals surface area contributed by atoms with E-state index in [9.17, 15) is 0 Å². The van der Waals surface area contributed by atoms with Gasteiger partial charge in [0.2, 0.25) is 0 Å². The lowest BCUT2D eigenvalue weighted by Crippen LogP contribution is -2.32. The van der Waals surface area contributed by atoms with Gasteiger partial charge in [-0.2, -0.15) is 11.8 Å². The average molecular weight is 244 g/mol. The lowest BCUT2D eigenvalue weighted by Gasteiger charge is -2.24. The van der Waals surface area contributed by atoms with E-state index in [0.29, 0.717) is 5.41 Å². The summed E-state index contributed by atoms with van der Waals surface area (Å²) in [6.07, 6.45) is 3.96. The summed E-state index contributed by atoms with van der Waals surface area (Å²) >= 11 is 2.15. The fraction of sp³-hybridized carbons (Fsp3) is 1.00. The highest BCUT2D eigenvalue weighted by atomic mass is 32.2. The summed E-state index contributed by atoms with van der Waals surface area (Å²) in [6, 6.07) is 0. The Hall–Kier alpha value is 0.270. The van der Waals surface area contributed by atoms with Gasteiger partial charge in [-0.05, 0) is 37.8 Å². The van der Waals surface area contributed by atoms with Crippen LogP contribution in [-0.4, -0.2) is 37.2 Å². The van der Waals surface area contributed by atoms with Crippen LogP contribution in [-0.2, 0) is 0 Å². The van der Waals surface area contributed by atoms with E-state index in [4.69, 9.17) is 0 Å². The first-order valence-electron chi connectivity index (χ1n) is 6.67. The summed E-state index contributed by atoms with van der Waals surface area (Å²) < 4.78 is 0. The van der Waals surface area contributed by atoms with Gasteiger partial charge in [0.05, 0.1) is 0 Å². The maximum Gasteiger partial charge on any atom is 0.00716 e. The quantitative estimate of drug-likeness (QED) is 0.673. The smallest absolute Gasteiger partial charge is 0.00716 e. The van der Waals surface area contributed by atoms with Gasteiger partial charge in [-0.3, -0.25) is 0 Å². The number of nitrogens with one attached hydrogen (secondary N) is 2. The Morgan fingerprint density at radius 2 is 2.00 bits per heavy atom. The minimum atomic E-state index is 0.458. The maximum absolute atomic E-state index is 3.58. The van der Waals surface area contributed by atoms with Crippen LogP contribution < -0.4 is 10.6 Å². The molecule has 1 fully saturated rings. The molecule has 2 N–H and O–H groups in total. The zero-order chi connectivity index (χ0) is 11.9. The Morgan fingerprint density at radius 1 is 1.31 bits per heavy atom. The van der Waals surface area contributed by atoms with Gasteiger partial charge in [0, 0.05) is 24.1 Å². The van der Waals surface area contributed by atoms with Gasteiger partial charge in [0.1, 0.15) is 0 Å². The molecule has 1 aliphatic heterocycles. The van der Waals surface area contributed by atoms with E-state index < -0.39 is 0 Å². The largest absolute Gasteiger partial charge is 0.317 e. The Balaban J connectivity index is 1.95. The molecule has 0 unspecified atom stereocenters. The van der Waals surface area contributed by atoms with Crippen LogP contribution in [0.15, 0.2) is 0 Å². The van der Waals surface area contributed by atoms with Crippen molar-refractivity contribution in [2.45, 2.75) is 45.3 Å². The van der Waals surface area contributed by atoms with E-state index >= 15 is 0 Å². The normalized spacial score (nSPS) is 18.9. The summed E-state index contributed by atoms with van der Waals surface area (Å²) in [5, 5.41) is 7.90. The van der Waals surface area contributed by atoms with Crippen LogP contribution in [0.1, 0.15) is 40.0 Å². The third-order valence-corrected chi connectivity index (χ3v) is 4.86. The monoisotopic (exact) mass is 244 g/mol. The number of rotatable bonds is 7. The molecule has 1 rings (SSSR count). The zero-order valence-electron chi connectivity index (χ0n) is 11.1. The van der Waals surface area contributed by atoms with Crippen LogP contribution in [0.25, 0.3) is 0 Å². The molecule has 0 spiro atoms. The highest BCUT2D eigenvalue weighted by Crippen LogP contribution is 2.20.